The highest BCUT2D eigenvalue weighted by molar-refractivity contribution is 5.96. The van der Waals surface area contributed by atoms with Crippen molar-refractivity contribution in [3.8, 4) is 0 Å². The summed E-state index contributed by atoms with van der Waals surface area (Å²) in [6.07, 6.45) is 2.33. The molecular formula is C24H29FN4O3. The van der Waals surface area contributed by atoms with E-state index in [9.17, 15) is 14.0 Å². The first kappa shape index (κ1) is 22.0. The molecule has 1 aromatic carbocycles. The molecule has 2 amide bonds. The lowest BCUT2D eigenvalue weighted by atomic mass is 10.1. The largest absolute Gasteiger partial charge is 0.441 e. The first-order chi connectivity index (χ1) is 15.2. The van der Waals surface area contributed by atoms with Crippen molar-refractivity contribution in [3.63, 3.8) is 0 Å². The van der Waals surface area contributed by atoms with Crippen LogP contribution in [0.4, 0.5) is 20.7 Å². The Labute approximate surface area is 187 Å². The van der Waals surface area contributed by atoms with Crippen LogP contribution in [0.3, 0.4) is 0 Å². The maximum atomic E-state index is 14.8. The van der Waals surface area contributed by atoms with Gasteiger partial charge in [-0.05, 0) is 56.5 Å². The monoisotopic (exact) mass is 440 g/mol. The van der Waals surface area contributed by atoms with Gasteiger partial charge in [0.25, 0.3) is 5.91 Å². The van der Waals surface area contributed by atoms with Crippen molar-refractivity contribution >= 4 is 23.5 Å². The van der Waals surface area contributed by atoms with E-state index in [1.165, 1.54) is 22.6 Å². The number of piperazine rings is 1. The molecule has 3 heterocycles. The van der Waals surface area contributed by atoms with Crippen LogP contribution >= 0.6 is 0 Å². The van der Waals surface area contributed by atoms with Gasteiger partial charge >= 0.3 is 6.09 Å². The molecule has 0 saturated carbocycles. The van der Waals surface area contributed by atoms with Gasteiger partial charge in [0.2, 0.25) is 0 Å². The van der Waals surface area contributed by atoms with Gasteiger partial charge in [0.1, 0.15) is 17.2 Å². The van der Waals surface area contributed by atoms with Gasteiger partial charge in [-0.25, -0.2) is 14.2 Å². The molecular weight excluding hydrogens is 411 g/mol. The quantitative estimate of drug-likeness (QED) is 0.724. The minimum Gasteiger partial charge on any atom is -0.441 e. The average molecular weight is 441 g/mol. The van der Waals surface area contributed by atoms with Gasteiger partial charge in [0, 0.05) is 32.4 Å². The molecule has 0 spiro atoms. The number of hydrogen-bond acceptors (Lipinski definition) is 5. The molecule has 0 unspecified atom stereocenters. The molecule has 8 heteroatoms. The minimum absolute atomic E-state index is 0.00984. The lowest BCUT2D eigenvalue weighted by molar-refractivity contribution is 0.0741. The smallest absolute Gasteiger partial charge is 0.415 e. The van der Waals surface area contributed by atoms with Crippen LogP contribution in [-0.4, -0.2) is 60.2 Å². The molecule has 2 aromatic rings. The fraction of sp³-hybridized carbons (Fsp3) is 0.458. The molecule has 2 saturated heterocycles. The summed E-state index contributed by atoms with van der Waals surface area (Å²) in [5, 5.41) is 0. The zero-order chi connectivity index (χ0) is 23.0. The average Bonchev–Trinajstić information content (AvgIpc) is 3.05. The van der Waals surface area contributed by atoms with Crippen LogP contribution in [0.1, 0.15) is 42.3 Å². The van der Waals surface area contributed by atoms with E-state index in [2.05, 4.69) is 22.9 Å². The van der Waals surface area contributed by atoms with Crippen molar-refractivity contribution in [1.82, 2.24) is 9.88 Å². The van der Waals surface area contributed by atoms with E-state index >= 15 is 0 Å². The Morgan fingerprint density at radius 1 is 1.19 bits per heavy atom. The van der Waals surface area contributed by atoms with E-state index in [4.69, 9.17) is 4.74 Å². The number of amides is 2. The predicted molar refractivity (Wildman–Crippen MR) is 121 cm³/mol. The Balaban J connectivity index is 1.43. The van der Waals surface area contributed by atoms with Gasteiger partial charge in [-0.2, -0.15) is 0 Å². The van der Waals surface area contributed by atoms with Crippen LogP contribution < -0.4 is 9.80 Å². The van der Waals surface area contributed by atoms with Gasteiger partial charge in [-0.1, -0.05) is 13.0 Å². The van der Waals surface area contributed by atoms with E-state index in [-0.39, 0.29) is 11.5 Å². The standard InChI is InChI=1S/C24H29FN4O3/c1-5-17-12-16(2)21(26-14-17)27-8-10-28(11-9-27)22(30)19-7-6-18(13-20(19)25)29-15-24(3,4)32-23(29)31/h6-7,12-14H,5,8-11,15H2,1-4H3. The highest BCUT2D eigenvalue weighted by Gasteiger charge is 2.38. The summed E-state index contributed by atoms with van der Waals surface area (Å²) < 4.78 is 20.1. The van der Waals surface area contributed by atoms with E-state index in [1.54, 1.807) is 24.8 Å². The number of aryl methyl sites for hydroxylation is 2. The first-order valence-corrected chi connectivity index (χ1v) is 11.0. The van der Waals surface area contributed by atoms with Crippen LogP contribution in [0.25, 0.3) is 0 Å². The Morgan fingerprint density at radius 3 is 2.47 bits per heavy atom. The molecule has 2 aliphatic rings. The number of pyridine rings is 1. The second-order valence-corrected chi connectivity index (χ2v) is 8.99. The van der Waals surface area contributed by atoms with Crippen LogP contribution in [0.15, 0.2) is 30.5 Å². The molecule has 170 valence electrons. The van der Waals surface area contributed by atoms with Gasteiger partial charge in [0.05, 0.1) is 17.8 Å². The Kier molecular flexibility index (Phi) is 5.79. The number of carbonyl (C=O) groups excluding carboxylic acids is 2. The normalized spacial score (nSPS) is 18.2. The van der Waals surface area contributed by atoms with Crippen molar-refractivity contribution in [2.24, 2.45) is 0 Å². The Morgan fingerprint density at radius 2 is 1.91 bits per heavy atom. The number of cyclic esters (lactones) is 1. The molecule has 0 radical (unpaired) electrons. The zero-order valence-corrected chi connectivity index (χ0v) is 19.0. The third-order valence-corrected chi connectivity index (χ3v) is 6.00. The second kappa shape index (κ2) is 8.41. The number of benzene rings is 1. The molecule has 0 bridgehead atoms. The lowest BCUT2D eigenvalue weighted by Gasteiger charge is -2.36. The lowest BCUT2D eigenvalue weighted by Crippen LogP contribution is -2.49. The zero-order valence-electron chi connectivity index (χ0n) is 19.0. The van der Waals surface area contributed by atoms with Crippen molar-refractivity contribution in [1.29, 1.82) is 0 Å². The molecule has 7 nitrogen and oxygen atoms in total. The van der Waals surface area contributed by atoms with Crippen molar-refractivity contribution in [2.75, 3.05) is 42.5 Å². The number of anilines is 2. The molecule has 4 rings (SSSR count). The topological polar surface area (TPSA) is 66.0 Å². The summed E-state index contributed by atoms with van der Waals surface area (Å²) in [5.41, 5.74) is 2.08. The van der Waals surface area contributed by atoms with Crippen LogP contribution in [0, 0.1) is 12.7 Å². The van der Waals surface area contributed by atoms with Crippen LogP contribution in [0.5, 0.6) is 0 Å². The molecule has 0 atom stereocenters. The third kappa shape index (κ3) is 4.26. The highest BCUT2D eigenvalue weighted by atomic mass is 19.1. The van der Waals surface area contributed by atoms with E-state index < -0.39 is 17.5 Å². The molecule has 32 heavy (non-hydrogen) atoms. The first-order valence-electron chi connectivity index (χ1n) is 11.0. The Bertz CT molecular complexity index is 1050. The molecule has 0 aliphatic carbocycles. The number of carbonyl (C=O) groups is 2. The number of aromatic nitrogens is 1. The predicted octanol–water partition coefficient (Wildman–Crippen LogP) is 3.79. The van der Waals surface area contributed by atoms with E-state index in [1.807, 2.05) is 13.1 Å². The summed E-state index contributed by atoms with van der Waals surface area (Å²) >= 11 is 0. The number of ether oxygens (including phenoxy) is 1. The second-order valence-electron chi connectivity index (χ2n) is 8.99. The fourth-order valence-corrected chi connectivity index (χ4v) is 4.25. The SMILES string of the molecule is CCc1cnc(N2CCN(C(=O)c3ccc(N4CC(C)(C)OC4=O)cc3F)CC2)c(C)c1. The summed E-state index contributed by atoms with van der Waals surface area (Å²) in [6.45, 7) is 10.3. The molecule has 0 N–H and O–H groups in total. The van der Waals surface area contributed by atoms with Crippen molar-refractivity contribution < 1.29 is 18.7 Å². The van der Waals surface area contributed by atoms with Crippen LogP contribution in [-0.2, 0) is 11.2 Å². The van der Waals surface area contributed by atoms with Gasteiger partial charge < -0.3 is 14.5 Å². The summed E-state index contributed by atoms with van der Waals surface area (Å²) in [6, 6.07) is 6.42. The summed E-state index contributed by atoms with van der Waals surface area (Å²) in [7, 11) is 0. The maximum absolute atomic E-state index is 14.8. The molecule has 2 fully saturated rings. The summed E-state index contributed by atoms with van der Waals surface area (Å²) in [4.78, 5) is 34.8. The van der Waals surface area contributed by atoms with E-state index in [0.29, 0.717) is 38.4 Å². The van der Waals surface area contributed by atoms with Crippen LogP contribution in [0.2, 0.25) is 0 Å². The molecule has 1 aromatic heterocycles. The van der Waals surface area contributed by atoms with Gasteiger partial charge in [-0.3, -0.25) is 9.69 Å². The maximum Gasteiger partial charge on any atom is 0.415 e. The van der Waals surface area contributed by atoms with Gasteiger partial charge in [-0.15, -0.1) is 0 Å². The highest BCUT2D eigenvalue weighted by Crippen LogP contribution is 2.29. The fourth-order valence-electron chi connectivity index (χ4n) is 4.25. The van der Waals surface area contributed by atoms with Crippen molar-refractivity contribution in [2.45, 2.75) is 39.7 Å². The number of hydrogen-bond donors (Lipinski definition) is 0. The third-order valence-electron chi connectivity index (χ3n) is 6.00. The number of nitrogens with zero attached hydrogens (tertiary/aromatic N) is 4. The molecule has 2 aliphatic heterocycles. The van der Waals surface area contributed by atoms with Gasteiger partial charge in [0.15, 0.2) is 0 Å². The number of rotatable bonds is 4. The number of halogens is 1. The summed E-state index contributed by atoms with van der Waals surface area (Å²) in [5.74, 6) is -0.0469. The Hall–Kier alpha value is -3.16. The minimum atomic E-state index is -0.639. The van der Waals surface area contributed by atoms with E-state index in [0.717, 1.165) is 17.8 Å². The van der Waals surface area contributed by atoms with Crippen molar-refractivity contribution in [3.05, 3.63) is 53.0 Å².